The Balaban J connectivity index is 3.64. The van der Waals surface area contributed by atoms with Crippen LogP contribution < -0.4 is 0 Å². The van der Waals surface area contributed by atoms with E-state index in [4.69, 9.17) is 4.74 Å². The van der Waals surface area contributed by atoms with Gasteiger partial charge in [0.1, 0.15) is 0 Å². The summed E-state index contributed by atoms with van der Waals surface area (Å²) in [5.41, 5.74) is 0.515. The number of carbonyl (C=O) groups excluding carboxylic acids is 1. The Morgan fingerprint density at radius 1 is 1.46 bits per heavy atom. The van der Waals surface area contributed by atoms with E-state index in [1.165, 1.54) is 0 Å². The molecule has 13 heavy (non-hydrogen) atoms. The second kappa shape index (κ2) is 6.66. The van der Waals surface area contributed by atoms with Gasteiger partial charge >= 0.3 is 5.97 Å². The van der Waals surface area contributed by atoms with E-state index in [1.54, 1.807) is 0 Å². The summed E-state index contributed by atoms with van der Waals surface area (Å²) in [4.78, 5) is 13.1. The van der Waals surface area contributed by atoms with Gasteiger partial charge in [0.15, 0.2) is 0 Å². The first-order valence-electron chi connectivity index (χ1n) is 4.57. The van der Waals surface area contributed by atoms with Gasteiger partial charge in [-0.05, 0) is 20.5 Å². The minimum atomic E-state index is -0.276. The molecule has 0 aromatic rings. The lowest BCUT2D eigenvalue weighted by atomic mass is 10.3. The first-order chi connectivity index (χ1) is 6.07. The summed E-state index contributed by atoms with van der Waals surface area (Å²) in [7, 11) is 3.79. The van der Waals surface area contributed by atoms with Gasteiger partial charge in [-0.3, -0.25) is 0 Å². The Bertz CT molecular complexity index is 176. The van der Waals surface area contributed by atoms with Crippen LogP contribution in [0.25, 0.3) is 0 Å². The first-order valence-corrected chi connectivity index (χ1v) is 4.57. The van der Waals surface area contributed by atoms with Gasteiger partial charge in [0.25, 0.3) is 0 Å². The SMILES string of the molecule is C=C(CN(C)C)C(=O)OCCCC. The number of unbranched alkanes of at least 4 members (excludes halogenated alkanes) is 1. The van der Waals surface area contributed by atoms with Gasteiger partial charge in [0.05, 0.1) is 6.61 Å². The van der Waals surface area contributed by atoms with E-state index in [0.29, 0.717) is 18.7 Å². The van der Waals surface area contributed by atoms with Gasteiger partial charge in [-0.15, -0.1) is 0 Å². The molecule has 0 aliphatic carbocycles. The normalized spacial score (nSPS) is 10.2. The minimum absolute atomic E-state index is 0.276. The Hall–Kier alpha value is -0.830. The molecule has 0 spiro atoms. The van der Waals surface area contributed by atoms with Gasteiger partial charge in [-0.1, -0.05) is 19.9 Å². The van der Waals surface area contributed by atoms with E-state index in [9.17, 15) is 4.79 Å². The number of hydrogen-bond donors (Lipinski definition) is 0. The Labute approximate surface area is 80.4 Å². The van der Waals surface area contributed by atoms with Gasteiger partial charge in [0, 0.05) is 12.1 Å². The average Bonchev–Trinajstić information content (AvgIpc) is 2.03. The van der Waals surface area contributed by atoms with Crippen molar-refractivity contribution in [1.82, 2.24) is 4.90 Å². The molecule has 0 bridgehead atoms. The first kappa shape index (κ1) is 12.2. The fourth-order valence-corrected chi connectivity index (χ4v) is 0.858. The summed E-state index contributed by atoms with van der Waals surface area (Å²) in [5.74, 6) is -0.276. The van der Waals surface area contributed by atoms with E-state index in [0.717, 1.165) is 12.8 Å². The van der Waals surface area contributed by atoms with Crippen LogP contribution in [-0.2, 0) is 9.53 Å². The van der Waals surface area contributed by atoms with E-state index in [1.807, 2.05) is 19.0 Å². The molecule has 0 aliphatic rings. The molecule has 0 fully saturated rings. The highest BCUT2D eigenvalue weighted by atomic mass is 16.5. The molecular weight excluding hydrogens is 166 g/mol. The molecule has 0 N–H and O–H groups in total. The number of ether oxygens (including phenoxy) is 1. The lowest BCUT2D eigenvalue weighted by molar-refractivity contribution is -0.139. The predicted octanol–water partition coefficient (Wildman–Crippen LogP) is 1.45. The summed E-state index contributed by atoms with van der Waals surface area (Å²) in [5, 5.41) is 0. The van der Waals surface area contributed by atoms with Gasteiger partial charge in [-0.2, -0.15) is 0 Å². The third-order valence-corrected chi connectivity index (χ3v) is 1.53. The van der Waals surface area contributed by atoms with Crippen LogP contribution in [0.15, 0.2) is 12.2 Å². The number of nitrogens with zero attached hydrogens (tertiary/aromatic N) is 1. The molecule has 0 radical (unpaired) electrons. The molecule has 0 saturated heterocycles. The summed E-state index contributed by atoms with van der Waals surface area (Å²) < 4.78 is 4.98. The van der Waals surface area contributed by atoms with Crippen molar-refractivity contribution in [2.75, 3.05) is 27.2 Å². The standard InChI is InChI=1S/C10H19NO2/c1-5-6-7-13-10(12)9(2)8-11(3)4/h2,5-8H2,1,3-4H3. The molecule has 0 aromatic heterocycles. The van der Waals surface area contributed by atoms with Crippen molar-refractivity contribution in [2.45, 2.75) is 19.8 Å². The molecular formula is C10H19NO2. The van der Waals surface area contributed by atoms with Crippen molar-refractivity contribution in [3.63, 3.8) is 0 Å². The number of carbonyl (C=O) groups is 1. The molecule has 0 rings (SSSR count). The van der Waals surface area contributed by atoms with Crippen LogP contribution in [0.2, 0.25) is 0 Å². The molecule has 0 saturated carbocycles. The van der Waals surface area contributed by atoms with Crippen molar-refractivity contribution < 1.29 is 9.53 Å². The van der Waals surface area contributed by atoms with Crippen LogP contribution in [-0.4, -0.2) is 38.1 Å². The van der Waals surface area contributed by atoms with Gasteiger partial charge in [-0.25, -0.2) is 4.79 Å². The van der Waals surface area contributed by atoms with Crippen LogP contribution in [0.1, 0.15) is 19.8 Å². The smallest absolute Gasteiger partial charge is 0.334 e. The highest BCUT2D eigenvalue weighted by molar-refractivity contribution is 5.88. The summed E-state index contributed by atoms with van der Waals surface area (Å²) in [6, 6.07) is 0. The quantitative estimate of drug-likeness (QED) is 0.356. The van der Waals surface area contributed by atoms with Crippen molar-refractivity contribution >= 4 is 5.97 Å². The lowest BCUT2D eigenvalue weighted by Crippen LogP contribution is -2.20. The second-order valence-electron chi connectivity index (χ2n) is 3.33. The monoisotopic (exact) mass is 185 g/mol. The number of esters is 1. The maximum atomic E-state index is 11.2. The van der Waals surface area contributed by atoms with Crippen molar-refractivity contribution in [1.29, 1.82) is 0 Å². The third-order valence-electron chi connectivity index (χ3n) is 1.53. The molecule has 3 heteroatoms. The fourth-order valence-electron chi connectivity index (χ4n) is 0.858. The number of likely N-dealkylation sites (N-methyl/N-ethyl adjacent to an activating group) is 1. The number of hydrogen-bond acceptors (Lipinski definition) is 3. The molecule has 0 aromatic carbocycles. The number of rotatable bonds is 6. The van der Waals surface area contributed by atoms with Crippen molar-refractivity contribution in [2.24, 2.45) is 0 Å². The summed E-state index contributed by atoms with van der Waals surface area (Å²) in [6.45, 7) is 6.78. The van der Waals surface area contributed by atoms with E-state index in [2.05, 4.69) is 13.5 Å². The van der Waals surface area contributed by atoms with Crippen LogP contribution in [0.5, 0.6) is 0 Å². The van der Waals surface area contributed by atoms with E-state index >= 15 is 0 Å². The maximum Gasteiger partial charge on any atom is 0.334 e. The zero-order valence-corrected chi connectivity index (χ0v) is 8.80. The largest absolute Gasteiger partial charge is 0.462 e. The second-order valence-corrected chi connectivity index (χ2v) is 3.33. The van der Waals surface area contributed by atoms with E-state index < -0.39 is 0 Å². The molecule has 0 amide bonds. The lowest BCUT2D eigenvalue weighted by Gasteiger charge is -2.11. The molecule has 0 unspecified atom stereocenters. The summed E-state index contributed by atoms with van der Waals surface area (Å²) >= 11 is 0. The molecule has 0 heterocycles. The Morgan fingerprint density at radius 3 is 2.54 bits per heavy atom. The highest BCUT2D eigenvalue weighted by Crippen LogP contribution is 1.98. The fraction of sp³-hybridized carbons (Fsp3) is 0.700. The summed E-state index contributed by atoms with van der Waals surface area (Å²) in [6.07, 6.45) is 1.95. The van der Waals surface area contributed by atoms with Crippen LogP contribution in [0.4, 0.5) is 0 Å². The van der Waals surface area contributed by atoms with E-state index in [-0.39, 0.29) is 5.97 Å². The third kappa shape index (κ3) is 6.34. The van der Waals surface area contributed by atoms with Crippen LogP contribution in [0, 0.1) is 0 Å². The molecule has 0 atom stereocenters. The van der Waals surface area contributed by atoms with Gasteiger partial charge in [0.2, 0.25) is 0 Å². The van der Waals surface area contributed by atoms with Crippen LogP contribution in [0.3, 0.4) is 0 Å². The van der Waals surface area contributed by atoms with Crippen molar-refractivity contribution in [3.8, 4) is 0 Å². The zero-order chi connectivity index (χ0) is 10.3. The van der Waals surface area contributed by atoms with Crippen molar-refractivity contribution in [3.05, 3.63) is 12.2 Å². The molecule has 3 nitrogen and oxygen atoms in total. The predicted molar refractivity (Wildman–Crippen MR) is 53.6 cm³/mol. The van der Waals surface area contributed by atoms with Gasteiger partial charge < -0.3 is 9.64 Å². The average molecular weight is 185 g/mol. The molecule has 76 valence electrons. The zero-order valence-electron chi connectivity index (χ0n) is 8.80. The molecule has 0 aliphatic heterocycles. The van der Waals surface area contributed by atoms with Crippen LogP contribution >= 0.6 is 0 Å². The Kier molecular flexibility index (Phi) is 6.24. The maximum absolute atomic E-state index is 11.2. The topological polar surface area (TPSA) is 29.5 Å². The highest BCUT2D eigenvalue weighted by Gasteiger charge is 2.08. The Morgan fingerprint density at radius 2 is 2.08 bits per heavy atom. The minimum Gasteiger partial charge on any atom is -0.462 e.